The van der Waals surface area contributed by atoms with Crippen molar-refractivity contribution >= 4 is 17.4 Å². The van der Waals surface area contributed by atoms with Gasteiger partial charge in [0.2, 0.25) is 0 Å². The molecule has 1 aromatic heterocycles. The number of nitrogens with one attached hydrogen (secondary N) is 2. The minimum absolute atomic E-state index is 0.336. The van der Waals surface area contributed by atoms with Crippen LogP contribution in [0.25, 0.3) is 0 Å². The van der Waals surface area contributed by atoms with Crippen molar-refractivity contribution < 1.29 is 0 Å². The maximum Gasteiger partial charge on any atom is 0.126 e. The van der Waals surface area contributed by atoms with Crippen molar-refractivity contribution in [2.24, 2.45) is 0 Å². The summed E-state index contributed by atoms with van der Waals surface area (Å²) in [7, 11) is 0. The van der Waals surface area contributed by atoms with Gasteiger partial charge in [-0.15, -0.1) is 0 Å². The molecule has 1 atom stereocenters. The quantitative estimate of drug-likeness (QED) is 0.903. The molecule has 0 bridgehead atoms. The van der Waals surface area contributed by atoms with Crippen molar-refractivity contribution in [3.8, 4) is 0 Å². The molecule has 0 aliphatic carbocycles. The third-order valence-corrected chi connectivity index (χ3v) is 3.65. The summed E-state index contributed by atoms with van der Waals surface area (Å²) in [6.07, 6.45) is 2.76. The van der Waals surface area contributed by atoms with Crippen LogP contribution < -0.4 is 10.6 Å². The van der Waals surface area contributed by atoms with E-state index in [1.807, 2.05) is 12.1 Å². The number of fused-ring (bicyclic) bond motifs is 1. The zero-order chi connectivity index (χ0) is 13.1. The summed E-state index contributed by atoms with van der Waals surface area (Å²) in [5.41, 5.74) is 2.83. The maximum absolute atomic E-state index is 5.82. The standard InChI is InChI=1S/C15H16ClN3/c16-12-5-6-15(18-9-12)19-10-14-13-4-2-1-3-11(13)7-8-17-14/h1-6,9,14,17H,7-8,10H2,(H,18,19). The normalized spacial score (nSPS) is 17.8. The lowest BCUT2D eigenvalue weighted by Gasteiger charge is -2.27. The predicted molar refractivity (Wildman–Crippen MR) is 78.6 cm³/mol. The van der Waals surface area contributed by atoms with Gasteiger partial charge in [0.15, 0.2) is 0 Å². The molecule has 19 heavy (non-hydrogen) atoms. The molecule has 1 aliphatic heterocycles. The van der Waals surface area contributed by atoms with Gasteiger partial charge < -0.3 is 10.6 Å². The van der Waals surface area contributed by atoms with Crippen LogP contribution in [0, 0.1) is 0 Å². The Balaban J connectivity index is 1.69. The van der Waals surface area contributed by atoms with E-state index in [0.29, 0.717) is 11.1 Å². The number of pyridine rings is 1. The van der Waals surface area contributed by atoms with Crippen LogP contribution in [0.3, 0.4) is 0 Å². The van der Waals surface area contributed by atoms with Crippen molar-refractivity contribution in [1.29, 1.82) is 0 Å². The average molecular weight is 274 g/mol. The molecule has 4 heteroatoms. The van der Waals surface area contributed by atoms with Gasteiger partial charge in [0.25, 0.3) is 0 Å². The number of aromatic nitrogens is 1. The van der Waals surface area contributed by atoms with Crippen molar-refractivity contribution in [1.82, 2.24) is 10.3 Å². The summed E-state index contributed by atoms with van der Waals surface area (Å²) in [6, 6.07) is 12.7. The van der Waals surface area contributed by atoms with E-state index in [0.717, 1.165) is 25.3 Å². The SMILES string of the molecule is Clc1ccc(NCC2NCCc3ccccc32)nc1. The van der Waals surface area contributed by atoms with E-state index in [2.05, 4.69) is 39.9 Å². The summed E-state index contributed by atoms with van der Waals surface area (Å²) in [6.45, 7) is 1.85. The molecule has 0 radical (unpaired) electrons. The molecule has 2 aromatic rings. The summed E-state index contributed by atoms with van der Waals surface area (Å²) in [5, 5.41) is 7.55. The van der Waals surface area contributed by atoms with Gasteiger partial charge in [-0.1, -0.05) is 35.9 Å². The van der Waals surface area contributed by atoms with Crippen LogP contribution in [-0.4, -0.2) is 18.1 Å². The third kappa shape index (κ3) is 2.88. The second-order valence-corrected chi connectivity index (χ2v) is 5.13. The van der Waals surface area contributed by atoms with Gasteiger partial charge >= 0.3 is 0 Å². The van der Waals surface area contributed by atoms with E-state index in [4.69, 9.17) is 11.6 Å². The maximum atomic E-state index is 5.82. The van der Waals surface area contributed by atoms with Gasteiger partial charge in [-0.05, 0) is 36.2 Å². The highest BCUT2D eigenvalue weighted by Crippen LogP contribution is 2.22. The van der Waals surface area contributed by atoms with Crippen LogP contribution in [0.5, 0.6) is 0 Å². The fourth-order valence-electron chi connectivity index (χ4n) is 2.46. The Hall–Kier alpha value is -1.58. The smallest absolute Gasteiger partial charge is 0.126 e. The second-order valence-electron chi connectivity index (χ2n) is 4.70. The zero-order valence-corrected chi connectivity index (χ0v) is 11.3. The molecule has 0 fully saturated rings. The number of nitrogens with zero attached hydrogens (tertiary/aromatic N) is 1. The van der Waals surface area contributed by atoms with Gasteiger partial charge in [0.05, 0.1) is 5.02 Å². The van der Waals surface area contributed by atoms with Crippen LogP contribution in [0.2, 0.25) is 5.02 Å². The third-order valence-electron chi connectivity index (χ3n) is 3.43. The van der Waals surface area contributed by atoms with E-state index in [9.17, 15) is 0 Å². The van der Waals surface area contributed by atoms with E-state index in [1.165, 1.54) is 11.1 Å². The van der Waals surface area contributed by atoms with E-state index in [-0.39, 0.29) is 0 Å². The van der Waals surface area contributed by atoms with Gasteiger partial charge in [0.1, 0.15) is 5.82 Å². The Kier molecular flexibility index (Phi) is 3.67. The fraction of sp³-hybridized carbons (Fsp3) is 0.267. The molecule has 1 aliphatic rings. The fourth-order valence-corrected chi connectivity index (χ4v) is 2.57. The Morgan fingerprint density at radius 3 is 3.00 bits per heavy atom. The van der Waals surface area contributed by atoms with E-state index in [1.54, 1.807) is 6.20 Å². The van der Waals surface area contributed by atoms with Gasteiger partial charge in [-0.25, -0.2) is 4.98 Å². The summed E-state index contributed by atoms with van der Waals surface area (Å²) in [5.74, 6) is 0.856. The largest absolute Gasteiger partial charge is 0.368 e. The second kappa shape index (κ2) is 5.59. The molecule has 98 valence electrons. The van der Waals surface area contributed by atoms with Crippen LogP contribution >= 0.6 is 11.6 Å². The first-order valence-corrected chi connectivity index (χ1v) is 6.87. The molecule has 0 saturated heterocycles. The highest BCUT2D eigenvalue weighted by atomic mass is 35.5. The van der Waals surface area contributed by atoms with Crippen molar-refractivity contribution in [3.05, 3.63) is 58.7 Å². The molecule has 3 rings (SSSR count). The number of anilines is 1. The lowest BCUT2D eigenvalue weighted by atomic mass is 9.94. The van der Waals surface area contributed by atoms with Crippen molar-refractivity contribution in [2.45, 2.75) is 12.5 Å². The molecular weight excluding hydrogens is 258 g/mol. The van der Waals surface area contributed by atoms with Gasteiger partial charge in [-0.2, -0.15) is 0 Å². The summed E-state index contributed by atoms with van der Waals surface area (Å²) in [4.78, 5) is 4.25. The van der Waals surface area contributed by atoms with Gasteiger partial charge in [0, 0.05) is 18.8 Å². The van der Waals surface area contributed by atoms with E-state index >= 15 is 0 Å². The summed E-state index contributed by atoms with van der Waals surface area (Å²) < 4.78 is 0. The van der Waals surface area contributed by atoms with Crippen LogP contribution in [0.1, 0.15) is 17.2 Å². The van der Waals surface area contributed by atoms with Crippen LogP contribution in [-0.2, 0) is 6.42 Å². The first kappa shape index (κ1) is 12.5. The first-order valence-electron chi connectivity index (χ1n) is 6.49. The number of benzene rings is 1. The monoisotopic (exact) mass is 273 g/mol. The van der Waals surface area contributed by atoms with Crippen LogP contribution in [0.15, 0.2) is 42.6 Å². The van der Waals surface area contributed by atoms with Crippen molar-refractivity contribution in [3.63, 3.8) is 0 Å². The van der Waals surface area contributed by atoms with Gasteiger partial charge in [-0.3, -0.25) is 0 Å². The minimum atomic E-state index is 0.336. The number of rotatable bonds is 3. The average Bonchev–Trinajstić information content (AvgIpc) is 2.47. The predicted octanol–water partition coefficient (Wildman–Crippen LogP) is 3.03. The Bertz CT molecular complexity index is 554. The molecule has 3 nitrogen and oxygen atoms in total. The van der Waals surface area contributed by atoms with E-state index < -0.39 is 0 Å². The Labute approximate surface area is 118 Å². The molecule has 0 saturated carbocycles. The lowest BCUT2D eigenvalue weighted by molar-refractivity contribution is 0.523. The topological polar surface area (TPSA) is 37.0 Å². The van der Waals surface area contributed by atoms with Crippen molar-refractivity contribution in [2.75, 3.05) is 18.4 Å². The molecule has 1 unspecified atom stereocenters. The number of halogens is 1. The molecule has 0 spiro atoms. The molecule has 2 heterocycles. The molecular formula is C15H16ClN3. The summed E-state index contributed by atoms with van der Waals surface area (Å²) >= 11 is 5.82. The van der Waals surface area contributed by atoms with Crippen LogP contribution in [0.4, 0.5) is 5.82 Å². The highest BCUT2D eigenvalue weighted by molar-refractivity contribution is 6.30. The first-order chi connectivity index (χ1) is 9.33. The number of hydrogen-bond acceptors (Lipinski definition) is 3. The minimum Gasteiger partial charge on any atom is -0.368 e. The molecule has 1 aromatic carbocycles. The molecule has 2 N–H and O–H groups in total. The Morgan fingerprint density at radius 1 is 1.26 bits per heavy atom. The number of hydrogen-bond donors (Lipinski definition) is 2. The lowest BCUT2D eigenvalue weighted by Crippen LogP contribution is -2.34. The Morgan fingerprint density at radius 2 is 2.16 bits per heavy atom. The zero-order valence-electron chi connectivity index (χ0n) is 10.6. The molecule has 0 amide bonds. The highest BCUT2D eigenvalue weighted by Gasteiger charge is 2.18.